The molecule has 2 amide bonds. The summed E-state index contributed by atoms with van der Waals surface area (Å²) in [6, 6.07) is 6.39. The first-order chi connectivity index (χ1) is 12.5. The summed E-state index contributed by atoms with van der Waals surface area (Å²) in [4.78, 5) is 49.3. The van der Waals surface area contributed by atoms with Crippen LogP contribution in [0.2, 0.25) is 0 Å². The lowest BCUT2D eigenvalue weighted by Crippen LogP contribution is -2.48. The van der Waals surface area contributed by atoms with Gasteiger partial charge in [-0.2, -0.15) is 0 Å². The first-order valence-electron chi connectivity index (χ1n) is 7.86. The summed E-state index contributed by atoms with van der Waals surface area (Å²) in [6.07, 6.45) is -0.557. The molecule has 3 rings (SSSR count). The van der Waals surface area contributed by atoms with Gasteiger partial charge in [0.2, 0.25) is 5.91 Å². The van der Waals surface area contributed by atoms with E-state index in [0.717, 1.165) is 12.0 Å². The second kappa shape index (κ2) is 6.54. The highest BCUT2D eigenvalue weighted by Crippen LogP contribution is 2.40. The molecule has 1 fully saturated rings. The number of anilines is 1. The normalized spacial score (nSPS) is 22.0. The Kier molecular flexibility index (Phi) is 4.41. The van der Waals surface area contributed by atoms with E-state index in [4.69, 9.17) is 4.74 Å². The lowest BCUT2D eigenvalue weighted by molar-refractivity contribution is -0.132. The van der Waals surface area contributed by atoms with Crippen LogP contribution in [0.1, 0.15) is 19.8 Å². The predicted molar refractivity (Wildman–Crippen MR) is 89.2 cm³/mol. The third-order valence-corrected chi connectivity index (χ3v) is 4.26. The van der Waals surface area contributed by atoms with Gasteiger partial charge in [0.1, 0.15) is 5.75 Å². The molecule has 136 valence electrons. The Hall–Kier alpha value is -3.30. The topological polar surface area (TPSA) is 118 Å². The van der Waals surface area contributed by atoms with Crippen molar-refractivity contribution >= 4 is 29.2 Å². The highest BCUT2D eigenvalue weighted by atomic mass is 16.5. The Balaban J connectivity index is 1.91. The molecule has 0 saturated carbocycles. The molecular weight excluding hydrogens is 344 g/mol. The minimum Gasteiger partial charge on any atom is -0.494 e. The van der Waals surface area contributed by atoms with E-state index in [9.17, 15) is 19.3 Å². The SMILES string of the molecule is CCOc1ccc(N2C(=O)CC3(CC(C(=O)OC)=NN3N=O)C2=O)cc1. The van der Waals surface area contributed by atoms with Crippen LogP contribution in [-0.2, 0) is 19.1 Å². The van der Waals surface area contributed by atoms with E-state index >= 15 is 0 Å². The Bertz CT molecular complexity index is 805. The minimum absolute atomic E-state index is 0.137. The van der Waals surface area contributed by atoms with E-state index in [1.54, 1.807) is 24.3 Å². The van der Waals surface area contributed by atoms with Gasteiger partial charge in [-0.25, -0.2) is 9.69 Å². The van der Waals surface area contributed by atoms with Gasteiger partial charge in [-0.15, -0.1) is 15.1 Å². The van der Waals surface area contributed by atoms with Gasteiger partial charge in [-0.05, 0) is 31.2 Å². The summed E-state index contributed by atoms with van der Waals surface area (Å²) >= 11 is 0. The van der Waals surface area contributed by atoms with Crippen molar-refractivity contribution in [3.8, 4) is 5.75 Å². The summed E-state index contributed by atoms with van der Waals surface area (Å²) in [6.45, 7) is 2.32. The first kappa shape index (κ1) is 17.5. The molecule has 10 nitrogen and oxygen atoms in total. The maximum absolute atomic E-state index is 13.0. The third kappa shape index (κ3) is 2.59. The van der Waals surface area contributed by atoms with Crippen molar-refractivity contribution in [2.45, 2.75) is 25.3 Å². The van der Waals surface area contributed by atoms with Crippen molar-refractivity contribution in [2.24, 2.45) is 10.4 Å². The van der Waals surface area contributed by atoms with Crippen LogP contribution in [-0.4, -0.2) is 47.9 Å². The summed E-state index contributed by atoms with van der Waals surface area (Å²) in [5.41, 5.74) is -1.44. The first-order valence-corrected chi connectivity index (χ1v) is 7.86. The number of methoxy groups -OCH3 is 1. The number of hydrogen-bond donors (Lipinski definition) is 0. The molecule has 1 saturated heterocycles. The second-order valence-corrected chi connectivity index (χ2v) is 5.76. The molecule has 0 radical (unpaired) electrons. The number of carbonyl (C=O) groups is 3. The number of nitrogens with zero attached hydrogens (tertiary/aromatic N) is 4. The highest BCUT2D eigenvalue weighted by Gasteiger charge is 2.61. The molecule has 1 spiro atoms. The van der Waals surface area contributed by atoms with Crippen LogP contribution >= 0.6 is 0 Å². The van der Waals surface area contributed by atoms with Crippen molar-refractivity contribution in [1.29, 1.82) is 0 Å². The van der Waals surface area contributed by atoms with Gasteiger partial charge >= 0.3 is 5.97 Å². The Labute approximate surface area is 148 Å². The van der Waals surface area contributed by atoms with Gasteiger partial charge in [0.25, 0.3) is 5.91 Å². The molecule has 1 aromatic carbocycles. The zero-order valence-corrected chi connectivity index (χ0v) is 14.2. The summed E-state index contributed by atoms with van der Waals surface area (Å²) < 4.78 is 9.91. The summed E-state index contributed by atoms with van der Waals surface area (Å²) in [7, 11) is 1.16. The van der Waals surface area contributed by atoms with Gasteiger partial charge in [0, 0.05) is 6.42 Å². The maximum atomic E-state index is 13.0. The van der Waals surface area contributed by atoms with Crippen LogP contribution < -0.4 is 9.64 Å². The third-order valence-electron chi connectivity index (χ3n) is 4.26. The van der Waals surface area contributed by atoms with E-state index < -0.39 is 23.3 Å². The lowest BCUT2D eigenvalue weighted by atomic mass is 9.92. The lowest BCUT2D eigenvalue weighted by Gasteiger charge is -2.24. The Morgan fingerprint density at radius 2 is 1.96 bits per heavy atom. The Morgan fingerprint density at radius 1 is 1.27 bits per heavy atom. The number of nitroso groups, excluding NO2 is 1. The van der Waals surface area contributed by atoms with Crippen LogP contribution in [0.4, 0.5) is 5.69 Å². The van der Waals surface area contributed by atoms with Crippen LogP contribution in [0, 0.1) is 4.91 Å². The van der Waals surface area contributed by atoms with Crippen LogP contribution in [0.15, 0.2) is 34.7 Å². The highest BCUT2D eigenvalue weighted by molar-refractivity contribution is 6.39. The van der Waals surface area contributed by atoms with Gasteiger partial charge in [-0.3, -0.25) is 9.59 Å². The number of carbonyl (C=O) groups excluding carboxylic acids is 3. The van der Waals surface area contributed by atoms with Crippen molar-refractivity contribution in [1.82, 2.24) is 5.12 Å². The average molecular weight is 360 g/mol. The van der Waals surface area contributed by atoms with Gasteiger partial charge in [0.05, 0.1) is 31.1 Å². The number of benzene rings is 1. The van der Waals surface area contributed by atoms with E-state index in [0.29, 0.717) is 23.2 Å². The molecule has 2 heterocycles. The number of amides is 2. The molecule has 1 aromatic rings. The second-order valence-electron chi connectivity index (χ2n) is 5.76. The van der Waals surface area contributed by atoms with Gasteiger partial charge < -0.3 is 9.47 Å². The molecule has 2 aliphatic rings. The van der Waals surface area contributed by atoms with Crippen molar-refractivity contribution in [3.63, 3.8) is 0 Å². The molecule has 0 aliphatic carbocycles. The fourth-order valence-corrected chi connectivity index (χ4v) is 3.06. The fourth-order valence-electron chi connectivity index (χ4n) is 3.06. The molecular formula is C16H16N4O6. The largest absolute Gasteiger partial charge is 0.494 e. The minimum atomic E-state index is -1.64. The molecule has 0 aromatic heterocycles. The number of ether oxygens (including phenoxy) is 2. The standard InChI is InChI=1S/C16H16N4O6/c1-3-26-11-6-4-10(5-7-11)19-13(21)9-16(15(19)23)8-12(14(22)25-2)17-20(16)18-24/h4-7H,3,8-9H2,1-2H3. The summed E-state index contributed by atoms with van der Waals surface area (Å²) in [5, 5.41) is 7.04. The van der Waals surface area contributed by atoms with Crippen LogP contribution in [0.25, 0.3) is 0 Å². The number of esters is 1. The van der Waals surface area contributed by atoms with Crippen molar-refractivity contribution in [3.05, 3.63) is 29.2 Å². The van der Waals surface area contributed by atoms with Gasteiger partial charge in [0.15, 0.2) is 11.3 Å². The van der Waals surface area contributed by atoms with Gasteiger partial charge in [-0.1, -0.05) is 0 Å². The van der Waals surface area contributed by atoms with Crippen molar-refractivity contribution < 1.29 is 23.9 Å². The molecule has 1 unspecified atom stereocenters. The number of hydrogen-bond acceptors (Lipinski definition) is 8. The zero-order chi connectivity index (χ0) is 18.9. The molecule has 10 heteroatoms. The van der Waals surface area contributed by atoms with E-state index in [1.807, 2.05) is 6.92 Å². The van der Waals surface area contributed by atoms with Crippen LogP contribution in [0.3, 0.4) is 0 Å². The predicted octanol–water partition coefficient (Wildman–Crippen LogP) is 1.00. The quantitative estimate of drug-likeness (QED) is 0.437. The fraction of sp³-hybridized carbons (Fsp3) is 0.375. The molecule has 0 N–H and O–H groups in total. The number of rotatable bonds is 5. The molecule has 1 atom stereocenters. The van der Waals surface area contributed by atoms with Crippen LogP contribution in [0.5, 0.6) is 5.75 Å². The zero-order valence-electron chi connectivity index (χ0n) is 14.2. The van der Waals surface area contributed by atoms with Crippen molar-refractivity contribution in [2.75, 3.05) is 18.6 Å². The Morgan fingerprint density at radius 3 is 2.54 bits per heavy atom. The summed E-state index contributed by atoms with van der Waals surface area (Å²) in [5.74, 6) is -1.38. The average Bonchev–Trinajstić information content (AvgIpc) is 3.13. The van der Waals surface area contributed by atoms with E-state index in [1.165, 1.54) is 0 Å². The molecule has 2 aliphatic heterocycles. The smallest absolute Gasteiger partial charge is 0.354 e. The molecule has 26 heavy (non-hydrogen) atoms. The van der Waals surface area contributed by atoms with E-state index in [2.05, 4.69) is 15.1 Å². The number of imide groups is 1. The number of hydrazone groups is 1. The maximum Gasteiger partial charge on any atom is 0.354 e. The monoisotopic (exact) mass is 360 g/mol. The molecule has 0 bridgehead atoms. The van der Waals surface area contributed by atoms with E-state index in [-0.39, 0.29) is 18.6 Å².